The number of nitrogens with zero attached hydrogens (tertiary/aromatic N) is 2. The number of carbonyl (C=O) groups excluding carboxylic acids is 1. The number of piperidine rings is 1. The topological polar surface area (TPSA) is 69.7 Å². The Hall–Kier alpha value is -2.38. The zero-order chi connectivity index (χ0) is 22.3. The van der Waals surface area contributed by atoms with Crippen LogP contribution in [-0.4, -0.2) is 51.4 Å². The van der Waals surface area contributed by atoms with Gasteiger partial charge in [0.05, 0.1) is 4.90 Å². The van der Waals surface area contributed by atoms with Crippen LogP contribution in [0.3, 0.4) is 0 Å². The van der Waals surface area contributed by atoms with Crippen LogP contribution in [0.2, 0.25) is 0 Å². The molecule has 0 spiro atoms. The van der Waals surface area contributed by atoms with Crippen LogP contribution in [-0.2, 0) is 10.0 Å². The second-order valence-electron chi connectivity index (χ2n) is 8.21. The van der Waals surface area contributed by atoms with Crippen molar-refractivity contribution in [3.8, 4) is 0 Å². The van der Waals surface area contributed by atoms with Crippen molar-refractivity contribution in [2.45, 2.75) is 50.0 Å². The summed E-state index contributed by atoms with van der Waals surface area (Å²) in [6, 6.07) is 16.6. The van der Waals surface area contributed by atoms with E-state index in [1.54, 1.807) is 22.5 Å². The number of unbranched alkanes of at least 4 members (excludes halogenated alkanes) is 1. The molecule has 0 saturated carbocycles. The van der Waals surface area contributed by atoms with E-state index in [9.17, 15) is 13.2 Å². The first-order valence-corrected chi connectivity index (χ1v) is 12.5. The van der Waals surface area contributed by atoms with Crippen LogP contribution < -0.4 is 10.2 Å². The summed E-state index contributed by atoms with van der Waals surface area (Å²) in [7, 11) is -1.53. The summed E-state index contributed by atoms with van der Waals surface area (Å²) in [6.45, 7) is 3.95. The third-order valence-corrected chi connectivity index (χ3v) is 7.86. The number of benzene rings is 2. The molecule has 1 fully saturated rings. The maximum Gasteiger partial charge on any atom is 0.251 e. The summed E-state index contributed by atoms with van der Waals surface area (Å²) >= 11 is 0. The number of para-hydroxylation sites is 1. The number of hydrogen-bond donors (Lipinski definition) is 1. The molecule has 1 atom stereocenters. The van der Waals surface area contributed by atoms with Gasteiger partial charge in [-0.1, -0.05) is 30.7 Å². The van der Waals surface area contributed by atoms with Gasteiger partial charge in [-0.15, -0.1) is 0 Å². The molecule has 1 heterocycles. The van der Waals surface area contributed by atoms with Gasteiger partial charge < -0.3 is 10.2 Å². The molecule has 31 heavy (non-hydrogen) atoms. The maximum atomic E-state index is 13.0. The Bertz CT molecular complexity index is 963. The first kappa shape index (κ1) is 23.3. The smallest absolute Gasteiger partial charge is 0.251 e. The number of nitrogens with one attached hydrogen (secondary N) is 1. The van der Waals surface area contributed by atoms with Crippen LogP contribution in [0.5, 0.6) is 0 Å². The molecule has 1 unspecified atom stereocenters. The fourth-order valence-corrected chi connectivity index (χ4v) is 5.70. The molecular formula is C24H33N3O3S. The van der Waals surface area contributed by atoms with E-state index in [4.69, 9.17) is 0 Å². The molecule has 2 aromatic rings. The van der Waals surface area contributed by atoms with Crippen LogP contribution in [0.1, 0.15) is 49.4 Å². The van der Waals surface area contributed by atoms with E-state index in [2.05, 4.69) is 29.4 Å². The third-order valence-electron chi connectivity index (χ3n) is 5.85. The number of anilines is 1. The summed E-state index contributed by atoms with van der Waals surface area (Å²) in [5, 5.41) is 2.91. The lowest BCUT2D eigenvalue weighted by atomic mass is 10.1. The van der Waals surface area contributed by atoms with Crippen molar-refractivity contribution in [1.29, 1.82) is 0 Å². The molecule has 7 heteroatoms. The zero-order valence-corrected chi connectivity index (χ0v) is 19.3. The first-order chi connectivity index (χ1) is 14.9. The van der Waals surface area contributed by atoms with Crippen LogP contribution in [0, 0.1) is 0 Å². The standard InChI is InChI=1S/C24H33N3O3S/c1-20-11-6-8-18-27(20)31(29,30)23-15-10-12-21(19-23)24(28)25-16-7-9-17-26(2)22-13-4-3-5-14-22/h3-5,10,12-15,19-20H,6-9,11,16-18H2,1-2H3,(H,25,28). The highest BCUT2D eigenvalue weighted by molar-refractivity contribution is 7.89. The normalized spacial score (nSPS) is 17.3. The average Bonchev–Trinajstić information content (AvgIpc) is 2.79. The molecule has 1 saturated heterocycles. The summed E-state index contributed by atoms with van der Waals surface area (Å²) in [6.07, 6.45) is 4.61. The number of hydrogen-bond acceptors (Lipinski definition) is 4. The molecule has 1 N–H and O–H groups in total. The van der Waals surface area contributed by atoms with E-state index in [1.165, 1.54) is 11.8 Å². The average molecular weight is 444 g/mol. The molecule has 0 aliphatic carbocycles. The molecule has 1 aliphatic rings. The fourth-order valence-electron chi connectivity index (χ4n) is 3.95. The Kier molecular flexibility index (Phi) is 8.09. The molecule has 1 aliphatic heterocycles. The molecule has 6 nitrogen and oxygen atoms in total. The van der Waals surface area contributed by atoms with Gasteiger partial charge in [0, 0.05) is 44.0 Å². The van der Waals surface area contributed by atoms with E-state index < -0.39 is 10.0 Å². The number of carbonyl (C=O) groups is 1. The van der Waals surface area contributed by atoms with Crippen LogP contribution >= 0.6 is 0 Å². The minimum Gasteiger partial charge on any atom is -0.375 e. The SMILES string of the molecule is CC1CCCCN1S(=O)(=O)c1cccc(C(=O)NCCCCN(C)c2ccccc2)c1. The van der Waals surface area contributed by atoms with Gasteiger partial charge in [-0.2, -0.15) is 4.31 Å². The van der Waals surface area contributed by atoms with E-state index in [0.29, 0.717) is 18.7 Å². The summed E-state index contributed by atoms with van der Waals surface area (Å²) < 4.78 is 27.7. The molecule has 3 rings (SSSR count). The number of rotatable bonds is 9. The summed E-state index contributed by atoms with van der Waals surface area (Å²) in [5.74, 6) is -0.236. The van der Waals surface area contributed by atoms with Gasteiger partial charge >= 0.3 is 0 Å². The van der Waals surface area contributed by atoms with Crippen molar-refractivity contribution in [2.75, 3.05) is 31.6 Å². The Balaban J connectivity index is 1.51. The predicted octanol–water partition coefficient (Wildman–Crippen LogP) is 3.90. The molecule has 168 valence electrons. The predicted molar refractivity (Wildman–Crippen MR) is 125 cm³/mol. The molecule has 0 bridgehead atoms. The summed E-state index contributed by atoms with van der Waals surface area (Å²) in [4.78, 5) is 14.9. The fraction of sp³-hybridized carbons (Fsp3) is 0.458. The van der Waals surface area contributed by atoms with Gasteiger partial charge in [-0.25, -0.2) is 8.42 Å². The lowest BCUT2D eigenvalue weighted by molar-refractivity contribution is 0.0953. The van der Waals surface area contributed by atoms with Crippen LogP contribution in [0.25, 0.3) is 0 Å². The lowest BCUT2D eigenvalue weighted by Crippen LogP contribution is -2.42. The molecule has 1 amide bonds. The number of amides is 1. The van der Waals surface area contributed by atoms with Crippen LogP contribution in [0.15, 0.2) is 59.5 Å². The summed E-state index contributed by atoms with van der Waals surface area (Å²) in [5.41, 5.74) is 1.56. The highest BCUT2D eigenvalue weighted by Crippen LogP contribution is 2.25. The first-order valence-electron chi connectivity index (χ1n) is 11.1. The minimum absolute atomic E-state index is 0.00903. The Morgan fingerprint density at radius 2 is 1.87 bits per heavy atom. The van der Waals surface area contributed by atoms with E-state index in [1.807, 2.05) is 25.1 Å². The molecule has 0 radical (unpaired) electrons. The largest absolute Gasteiger partial charge is 0.375 e. The number of sulfonamides is 1. The second-order valence-corrected chi connectivity index (χ2v) is 10.1. The van der Waals surface area contributed by atoms with Gasteiger partial charge in [0.25, 0.3) is 5.91 Å². The lowest BCUT2D eigenvalue weighted by Gasteiger charge is -2.32. The monoisotopic (exact) mass is 443 g/mol. The highest BCUT2D eigenvalue weighted by atomic mass is 32.2. The zero-order valence-electron chi connectivity index (χ0n) is 18.5. The van der Waals surface area contributed by atoms with Crippen molar-refractivity contribution in [3.05, 3.63) is 60.2 Å². The van der Waals surface area contributed by atoms with Crippen molar-refractivity contribution in [1.82, 2.24) is 9.62 Å². The van der Waals surface area contributed by atoms with Gasteiger partial charge in [-0.3, -0.25) is 4.79 Å². The Morgan fingerprint density at radius 1 is 1.10 bits per heavy atom. The van der Waals surface area contributed by atoms with Crippen molar-refractivity contribution in [3.63, 3.8) is 0 Å². The molecule has 0 aromatic heterocycles. The maximum absolute atomic E-state index is 13.0. The minimum atomic E-state index is -3.58. The van der Waals surface area contributed by atoms with Crippen molar-refractivity contribution < 1.29 is 13.2 Å². The molecule has 2 aromatic carbocycles. The van der Waals surface area contributed by atoms with Crippen molar-refractivity contribution >= 4 is 21.6 Å². The van der Waals surface area contributed by atoms with E-state index in [0.717, 1.165) is 38.6 Å². The van der Waals surface area contributed by atoms with Gasteiger partial charge in [0.15, 0.2) is 0 Å². The van der Waals surface area contributed by atoms with Gasteiger partial charge in [-0.05, 0) is 62.9 Å². The molecular weight excluding hydrogens is 410 g/mol. The van der Waals surface area contributed by atoms with Crippen LogP contribution in [0.4, 0.5) is 5.69 Å². The van der Waals surface area contributed by atoms with E-state index >= 15 is 0 Å². The van der Waals surface area contributed by atoms with Gasteiger partial charge in [0.1, 0.15) is 0 Å². The second kappa shape index (κ2) is 10.8. The Morgan fingerprint density at radius 3 is 2.61 bits per heavy atom. The van der Waals surface area contributed by atoms with Gasteiger partial charge in [0.2, 0.25) is 10.0 Å². The van der Waals surface area contributed by atoms with Crippen molar-refractivity contribution in [2.24, 2.45) is 0 Å². The quantitative estimate of drug-likeness (QED) is 0.597. The highest BCUT2D eigenvalue weighted by Gasteiger charge is 2.31. The third kappa shape index (κ3) is 6.08. The Labute approximate surface area is 186 Å². The van der Waals surface area contributed by atoms with E-state index in [-0.39, 0.29) is 16.8 Å².